The van der Waals surface area contributed by atoms with Crippen molar-refractivity contribution in [2.45, 2.75) is 57.4 Å². The molecule has 280 valence electrons. The number of fused-ring (bicyclic) bond motifs is 1. The number of likely N-dealkylation sites (tertiary alicyclic amines) is 1. The summed E-state index contributed by atoms with van der Waals surface area (Å²) >= 11 is 0. The van der Waals surface area contributed by atoms with Gasteiger partial charge in [0.25, 0.3) is 11.8 Å². The molecule has 3 N–H and O–H groups in total. The Hall–Kier alpha value is -4.91. The van der Waals surface area contributed by atoms with Gasteiger partial charge in [0.05, 0.1) is 30.1 Å². The molecule has 1 unspecified atom stereocenters. The number of benzene rings is 2. The maximum absolute atomic E-state index is 13.3. The molecule has 5 aliphatic rings. The molecule has 0 bridgehead atoms. The third kappa shape index (κ3) is 6.87. The number of anilines is 3. The smallest absolute Gasteiger partial charge is 0.262 e. The number of nitrogen functional groups attached to an aromatic ring is 1. The summed E-state index contributed by atoms with van der Waals surface area (Å²) in [6, 6.07) is 8.61. The van der Waals surface area contributed by atoms with Gasteiger partial charge >= 0.3 is 0 Å². The van der Waals surface area contributed by atoms with Crippen LogP contribution >= 0.6 is 0 Å². The zero-order valence-corrected chi connectivity index (χ0v) is 30.8. The van der Waals surface area contributed by atoms with Gasteiger partial charge in [-0.25, -0.2) is 0 Å². The Labute approximate surface area is 310 Å². The average molecular weight is 723 g/mol. The molecular weight excluding hydrogens is 672 g/mol. The van der Waals surface area contributed by atoms with Crippen LogP contribution < -0.4 is 25.6 Å². The number of amides is 4. The van der Waals surface area contributed by atoms with E-state index in [1.165, 1.54) is 31.4 Å². The van der Waals surface area contributed by atoms with Crippen molar-refractivity contribution in [1.82, 2.24) is 24.9 Å². The minimum Gasteiger partial charge on any atom is -0.495 e. The normalized spacial score (nSPS) is 22.5. The first-order valence-corrected chi connectivity index (χ1v) is 19.2. The van der Waals surface area contributed by atoms with E-state index in [0.29, 0.717) is 28.5 Å². The van der Waals surface area contributed by atoms with E-state index in [4.69, 9.17) is 10.5 Å². The average Bonchev–Trinajstić information content (AvgIpc) is 3.71. The van der Waals surface area contributed by atoms with E-state index in [-0.39, 0.29) is 18.7 Å². The summed E-state index contributed by atoms with van der Waals surface area (Å²) in [5, 5.41) is 6.66. The molecule has 6 heterocycles. The molecule has 0 radical (unpaired) electrons. The minimum atomic E-state index is -0.949. The van der Waals surface area contributed by atoms with E-state index in [1.54, 1.807) is 13.2 Å². The summed E-state index contributed by atoms with van der Waals surface area (Å²) in [6.07, 6.45) is 11.3. The molecular formula is C40H50N8O5. The molecule has 1 atom stereocenters. The zero-order chi connectivity index (χ0) is 36.8. The number of nitrogens with zero attached hydrogens (tertiary/aromatic N) is 6. The monoisotopic (exact) mass is 722 g/mol. The summed E-state index contributed by atoms with van der Waals surface area (Å²) in [6.45, 7) is 7.31. The fourth-order valence-electron chi connectivity index (χ4n) is 9.43. The first kappa shape index (κ1) is 35.1. The van der Waals surface area contributed by atoms with Crippen LogP contribution in [0.1, 0.15) is 72.1 Å². The summed E-state index contributed by atoms with van der Waals surface area (Å²) in [4.78, 5) is 59.0. The number of rotatable bonds is 8. The van der Waals surface area contributed by atoms with Gasteiger partial charge in [0.1, 0.15) is 11.8 Å². The van der Waals surface area contributed by atoms with Crippen molar-refractivity contribution >= 4 is 40.7 Å². The maximum Gasteiger partial charge on any atom is 0.262 e. The molecule has 0 aliphatic carbocycles. The molecule has 4 fully saturated rings. The summed E-state index contributed by atoms with van der Waals surface area (Å²) < 4.78 is 7.43. The van der Waals surface area contributed by atoms with Gasteiger partial charge in [0.15, 0.2) is 0 Å². The number of carbonyl (C=O) groups excluding carboxylic acids is 4. The highest BCUT2D eigenvalue weighted by molar-refractivity contribution is 6.23. The third-order valence-electron chi connectivity index (χ3n) is 12.5. The Kier molecular flexibility index (Phi) is 9.61. The van der Waals surface area contributed by atoms with E-state index in [1.807, 2.05) is 42.3 Å². The lowest BCUT2D eigenvalue weighted by Crippen LogP contribution is -2.54. The molecule has 13 heteroatoms. The number of carbonyl (C=O) groups is 4. The van der Waals surface area contributed by atoms with E-state index in [0.717, 1.165) is 92.2 Å². The number of aromatic nitrogens is 2. The number of piperidine rings is 4. The summed E-state index contributed by atoms with van der Waals surface area (Å²) in [5.41, 5.74) is 11.9. The first-order chi connectivity index (χ1) is 25.7. The van der Waals surface area contributed by atoms with Crippen LogP contribution in [0.15, 0.2) is 42.7 Å². The van der Waals surface area contributed by atoms with Crippen molar-refractivity contribution < 1.29 is 23.9 Å². The molecule has 4 amide bonds. The van der Waals surface area contributed by atoms with Crippen LogP contribution in [-0.2, 0) is 16.6 Å². The standard InChI is InChI=1S/C40H50N8O5/c1-44-24-28(22-42-44)31-20-33(41)36(53-2)21-35(31)47-17-11-27(12-18-47)26-9-13-45(14-10-26)23-25-7-15-46(16-8-25)29-3-4-30-32(19-29)40(52)48(39(30)51)34-5-6-37(49)43-38(34)50/h3-4,19-22,24-27,34H,5-18,23,41H2,1-2H3,(H,43,49,50). The predicted octanol–water partition coefficient (Wildman–Crippen LogP) is 3.92. The molecule has 53 heavy (non-hydrogen) atoms. The fourth-order valence-corrected chi connectivity index (χ4v) is 9.43. The highest BCUT2D eigenvalue weighted by Crippen LogP contribution is 2.41. The van der Waals surface area contributed by atoms with Gasteiger partial charge in [-0.1, -0.05) is 0 Å². The Bertz CT molecular complexity index is 1900. The van der Waals surface area contributed by atoms with Gasteiger partial charge in [-0.3, -0.25) is 34.1 Å². The second-order valence-electron chi connectivity index (χ2n) is 15.6. The molecule has 2 aromatic carbocycles. The molecule has 1 aromatic heterocycles. The van der Waals surface area contributed by atoms with Crippen LogP contribution in [-0.4, -0.2) is 102 Å². The highest BCUT2D eigenvalue weighted by atomic mass is 16.5. The first-order valence-electron chi connectivity index (χ1n) is 19.2. The van der Waals surface area contributed by atoms with E-state index in [9.17, 15) is 19.2 Å². The molecule has 5 aliphatic heterocycles. The van der Waals surface area contributed by atoms with Gasteiger partial charge in [0, 0.05) is 81.0 Å². The Morgan fingerprint density at radius 3 is 2.15 bits per heavy atom. The molecule has 13 nitrogen and oxygen atoms in total. The van der Waals surface area contributed by atoms with Gasteiger partial charge in [0.2, 0.25) is 11.8 Å². The Morgan fingerprint density at radius 2 is 1.49 bits per heavy atom. The van der Waals surface area contributed by atoms with Crippen LogP contribution in [0.2, 0.25) is 0 Å². The van der Waals surface area contributed by atoms with Crippen molar-refractivity contribution in [1.29, 1.82) is 0 Å². The lowest BCUT2D eigenvalue weighted by molar-refractivity contribution is -0.136. The van der Waals surface area contributed by atoms with Crippen molar-refractivity contribution in [3.63, 3.8) is 0 Å². The van der Waals surface area contributed by atoms with E-state index in [2.05, 4.69) is 31.2 Å². The number of aryl methyl sites for hydroxylation is 1. The van der Waals surface area contributed by atoms with Crippen LogP contribution in [0.25, 0.3) is 11.1 Å². The Balaban J connectivity index is 0.806. The molecule has 3 aromatic rings. The molecule has 8 rings (SSSR count). The number of methoxy groups -OCH3 is 1. The molecule has 0 spiro atoms. The highest BCUT2D eigenvalue weighted by Gasteiger charge is 2.45. The van der Waals surface area contributed by atoms with Crippen LogP contribution in [0.3, 0.4) is 0 Å². The van der Waals surface area contributed by atoms with Gasteiger partial charge in [-0.05, 0) is 100 Å². The summed E-state index contributed by atoms with van der Waals surface area (Å²) in [5.74, 6) is 0.989. The Morgan fingerprint density at radius 1 is 0.811 bits per heavy atom. The second-order valence-corrected chi connectivity index (χ2v) is 15.6. The van der Waals surface area contributed by atoms with Crippen molar-refractivity contribution in [2.75, 3.05) is 68.5 Å². The second kappa shape index (κ2) is 14.5. The lowest BCUT2D eigenvalue weighted by atomic mass is 9.78. The van der Waals surface area contributed by atoms with E-state index >= 15 is 0 Å². The SMILES string of the molecule is COc1cc(N2CCC(C3CCN(CC4CCN(c5ccc6c(c5)C(=O)N(C5CCC(=O)NC5=O)C6=O)CC4)CC3)CC2)c(-c2cnn(C)c2)cc1N. The number of nitrogens with two attached hydrogens (primary N) is 1. The number of ether oxygens (including phenoxy) is 1. The van der Waals surface area contributed by atoms with E-state index < -0.39 is 23.8 Å². The number of nitrogens with one attached hydrogen (secondary N) is 1. The molecule has 0 saturated carbocycles. The van der Waals surface area contributed by atoms with Gasteiger partial charge in [-0.2, -0.15) is 5.10 Å². The summed E-state index contributed by atoms with van der Waals surface area (Å²) in [7, 11) is 3.61. The number of imide groups is 2. The quantitative estimate of drug-likeness (QED) is 0.259. The topological polar surface area (TPSA) is 146 Å². The minimum absolute atomic E-state index is 0.110. The van der Waals surface area contributed by atoms with Gasteiger partial charge < -0.3 is 25.2 Å². The zero-order valence-electron chi connectivity index (χ0n) is 30.8. The maximum atomic E-state index is 13.3. The van der Waals surface area contributed by atoms with Gasteiger partial charge in [-0.15, -0.1) is 0 Å². The van der Waals surface area contributed by atoms with Crippen molar-refractivity contribution in [3.05, 3.63) is 53.9 Å². The largest absolute Gasteiger partial charge is 0.495 e. The predicted molar refractivity (Wildman–Crippen MR) is 202 cm³/mol. The fraction of sp³-hybridized carbons (Fsp3) is 0.525. The molecule has 4 saturated heterocycles. The third-order valence-corrected chi connectivity index (χ3v) is 12.5. The van der Waals surface area contributed by atoms with Crippen LogP contribution in [0.4, 0.5) is 17.1 Å². The van der Waals surface area contributed by atoms with Crippen molar-refractivity contribution in [2.24, 2.45) is 24.8 Å². The van der Waals surface area contributed by atoms with Crippen LogP contribution in [0.5, 0.6) is 5.75 Å². The number of hydrogen-bond donors (Lipinski definition) is 2. The van der Waals surface area contributed by atoms with Crippen LogP contribution in [0, 0.1) is 17.8 Å². The lowest BCUT2D eigenvalue weighted by Gasteiger charge is -2.42. The number of hydrogen-bond acceptors (Lipinski definition) is 10. The van der Waals surface area contributed by atoms with Crippen molar-refractivity contribution in [3.8, 4) is 16.9 Å².